The number of hydrogen-bond acceptors (Lipinski definition) is 4. The van der Waals surface area contributed by atoms with Gasteiger partial charge in [0.2, 0.25) is 0 Å². The van der Waals surface area contributed by atoms with E-state index in [1.807, 2.05) is 54.6 Å². The molecule has 0 bridgehead atoms. The second-order valence-corrected chi connectivity index (χ2v) is 5.18. The second-order valence-electron chi connectivity index (χ2n) is 5.18. The molecule has 0 saturated carbocycles. The van der Waals surface area contributed by atoms with Crippen molar-refractivity contribution < 1.29 is 9.21 Å². The average molecular weight is 303 g/mol. The molecule has 2 aromatic heterocycles. The summed E-state index contributed by atoms with van der Waals surface area (Å²) in [5.74, 6) is 0.428. The fraction of sp³-hybridized carbons (Fsp3) is 0.0556. The van der Waals surface area contributed by atoms with Crippen LogP contribution in [0.5, 0.6) is 0 Å². The number of carbonyl (C=O) groups is 1. The van der Waals surface area contributed by atoms with Gasteiger partial charge in [-0.15, -0.1) is 0 Å². The smallest absolute Gasteiger partial charge is 0.271 e. The third-order valence-corrected chi connectivity index (χ3v) is 3.58. The lowest BCUT2D eigenvalue weighted by Crippen LogP contribution is -2.23. The van der Waals surface area contributed by atoms with Gasteiger partial charge in [0.05, 0.1) is 23.8 Å². The van der Waals surface area contributed by atoms with Crippen molar-refractivity contribution in [2.24, 2.45) is 0 Å². The first-order chi connectivity index (χ1) is 11.3. The maximum absolute atomic E-state index is 12.2. The molecule has 1 amide bonds. The predicted octanol–water partition coefficient (Wildman–Crippen LogP) is 3.31. The lowest BCUT2D eigenvalue weighted by molar-refractivity contribution is 0.0943. The van der Waals surface area contributed by atoms with E-state index >= 15 is 0 Å². The normalized spacial score (nSPS) is 11.0. The maximum Gasteiger partial charge on any atom is 0.271 e. The zero-order valence-corrected chi connectivity index (χ0v) is 12.2. The summed E-state index contributed by atoms with van der Waals surface area (Å²) in [6.45, 7) is 0.308. The number of rotatable bonds is 3. The minimum atomic E-state index is -0.274. The van der Waals surface area contributed by atoms with Gasteiger partial charge in [-0.3, -0.25) is 9.78 Å². The molecule has 5 nitrogen and oxygen atoms in total. The molecule has 23 heavy (non-hydrogen) atoms. The minimum absolute atomic E-state index is 0.274. The first-order valence-electron chi connectivity index (χ1n) is 7.27. The van der Waals surface area contributed by atoms with Crippen molar-refractivity contribution in [2.45, 2.75) is 6.54 Å². The molecule has 0 aliphatic carbocycles. The first kappa shape index (κ1) is 13.5. The molecule has 0 aliphatic heterocycles. The van der Waals surface area contributed by atoms with Crippen LogP contribution in [0.4, 0.5) is 0 Å². The van der Waals surface area contributed by atoms with Crippen molar-refractivity contribution in [1.82, 2.24) is 15.3 Å². The van der Waals surface area contributed by atoms with E-state index in [1.54, 1.807) is 0 Å². The van der Waals surface area contributed by atoms with E-state index < -0.39 is 0 Å². The second kappa shape index (κ2) is 5.53. The molecule has 5 heteroatoms. The summed E-state index contributed by atoms with van der Waals surface area (Å²) in [7, 11) is 0. The topological polar surface area (TPSA) is 68.0 Å². The van der Waals surface area contributed by atoms with E-state index in [-0.39, 0.29) is 5.91 Å². The van der Waals surface area contributed by atoms with Crippen LogP contribution >= 0.6 is 0 Å². The largest absolute Gasteiger partial charge is 0.459 e. The molecule has 1 N–H and O–H groups in total. The summed E-state index contributed by atoms with van der Waals surface area (Å²) in [5.41, 5.74) is 2.56. The molecule has 0 atom stereocenters. The highest BCUT2D eigenvalue weighted by atomic mass is 16.3. The Morgan fingerprint density at radius 3 is 2.70 bits per heavy atom. The number of nitrogens with zero attached hydrogens (tertiary/aromatic N) is 2. The average Bonchev–Trinajstić information content (AvgIpc) is 3.02. The zero-order chi connectivity index (χ0) is 15.6. The van der Waals surface area contributed by atoms with Gasteiger partial charge in [0.25, 0.3) is 5.91 Å². The van der Waals surface area contributed by atoms with Gasteiger partial charge in [-0.25, -0.2) is 4.98 Å². The Labute approximate surface area is 132 Å². The van der Waals surface area contributed by atoms with Gasteiger partial charge >= 0.3 is 0 Å². The van der Waals surface area contributed by atoms with Crippen LogP contribution in [0.25, 0.3) is 22.0 Å². The van der Waals surface area contributed by atoms with Crippen molar-refractivity contribution >= 4 is 27.9 Å². The minimum Gasteiger partial charge on any atom is -0.459 e. The van der Waals surface area contributed by atoms with Crippen molar-refractivity contribution in [3.63, 3.8) is 0 Å². The fourth-order valence-electron chi connectivity index (χ4n) is 2.45. The number of fused-ring (bicyclic) bond motifs is 2. The Morgan fingerprint density at radius 2 is 1.83 bits per heavy atom. The van der Waals surface area contributed by atoms with Crippen molar-refractivity contribution in [2.75, 3.05) is 0 Å². The highest BCUT2D eigenvalue weighted by Crippen LogP contribution is 2.18. The van der Waals surface area contributed by atoms with E-state index in [0.29, 0.717) is 23.5 Å². The van der Waals surface area contributed by atoms with Crippen LogP contribution in [0, 0.1) is 0 Å². The van der Waals surface area contributed by atoms with Crippen LogP contribution in [0.2, 0.25) is 0 Å². The van der Waals surface area contributed by atoms with Gasteiger partial charge in [0.15, 0.2) is 0 Å². The van der Waals surface area contributed by atoms with E-state index in [9.17, 15) is 4.79 Å². The summed E-state index contributed by atoms with van der Waals surface area (Å²) in [6, 6.07) is 17.1. The van der Waals surface area contributed by atoms with Gasteiger partial charge in [-0.2, -0.15) is 0 Å². The maximum atomic E-state index is 12.2. The molecule has 4 rings (SSSR count). The summed E-state index contributed by atoms with van der Waals surface area (Å²) >= 11 is 0. The highest BCUT2D eigenvalue weighted by molar-refractivity contribution is 5.93. The number of para-hydroxylation sites is 3. The quantitative estimate of drug-likeness (QED) is 0.630. The summed E-state index contributed by atoms with van der Waals surface area (Å²) in [4.78, 5) is 20.8. The van der Waals surface area contributed by atoms with Crippen LogP contribution in [0.15, 0.2) is 65.2 Å². The third kappa shape index (κ3) is 2.64. The fourth-order valence-corrected chi connectivity index (χ4v) is 2.45. The number of aromatic nitrogens is 2. The SMILES string of the molecule is O=C(NCc1cc2ccccc2o1)c1cnc2ccccc2n1. The molecule has 2 heterocycles. The molecule has 112 valence electrons. The van der Waals surface area contributed by atoms with Gasteiger partial charge in [-0.05, 0) is 24.3 Å². The lowest BCUT2D eigenvalue weighted by Gasteiger charge is -2.03. The third-order valence-electron chi connectivity index (χ3n) is 3.58. The molecule has 0 fully saturated rings. The number of hydrogen-bond donors (Lipinski definition) is 1. The van der Waals surface area contributed by atoms with Crippen LogP contribution < -0.4 is 5.32 Å². The molecular weight excluding hydrogens is 290 g/mol. The van der Waals surface area contributed by atoms with Crippen molar-refractivity contribution in [3.8, 4) is 0 Å². The van der Waals surface area contributed by atoms with Crippen LogP contribution in [0.3, 0.4) is 0 Å². The summed E-state index contributed by atoms with van der Waals surface area (Å²) < 4.78 is 5.67. The van der Waals surface area contributed by atoms with Gasteiger partial charge < -0.3 is 9.73 Å². The molecule has 2 aromatic carbocycles. The molecule has 0 aliphatic rings. The number of carbonyl (C=O) groups excluding carboxylic acids is 1. The van der Waals surface area contributed by atoms with Gasteiger partial charge in [0, 0.05) is 5.39 Å². The first-order valence-corrected chi connectivity index (χ1v) is 7.27. The van der Waals surface area contributed by atoms with Crippen LogP contribution in [-0.4, -0.2) is 15.9 Å². The molecule has 0 saturated heterocycles. The number of amides is 1. The molecule has 0 spiro atoms. The van der Waals surface area contributed by atoms with Gasteiger partial charge in [0.1, 0.15) is 17.0 Å². The molecule has 4 aromatic rings. The van der Waals surface area contributed by atoms with E-state index in [4.69, 9.17) is 4.42 Å². The van der Waals surface area contributed by atoms with E-state index in [0.717, 1.165) is 16.5 Å². The number of nitrogens with one attached hydrogen (secondary N) is 1. The Hall–Kier alpha value is -3.21. The zero-order valence-electron chi connectivity index (χ0n) is 12.2. The Morgan fingerprint density at radius 1 is 1.04 bits per heavy atom. The summed E-state index contributed by atoms with van der Waals surface area (Å²) in [6.07, 6.45) is 1.48. The van der Waals surface area contributed by atoms with Crippen LogP contribution in [-0.2, 0) is 6.54 Å². The van der Waals surface area contributed by atoms with Gasteiger partial charge in [-0.1, -0.05) is 30.3 Å². The monoisotopic (exact) mass is 303 g/mol. The summed E-state index contributed by atoms with van der Waals surface area (Å²) in [5, 5.41) is 3.82. The highest BCUT2D eigenvalue weighted by Gasteiger charge is 2.10. The van der Waals surface area contributed by atoms with Crippen molar-refractivity contribution in [1.29, 1.82) is 0 Å². The predicted molar refractivity (Wildman–Crippen MR) is 86.9 cm³/mol. The molecular formula is C18H13N3O2. The number of furan rings is 1. The lowest BCUT2D eigenvalue weighted by atomic mass is 10.2. The van der Waals surface area contributed by atoms with Crippen molar-refractivity contribution in [3.05, 3.63) is 72.2 Å². The molecule has 0 radical (unpaired) electrons. The van der Waals surface area contributed by atoms with Crippen LogP contribution in [0.1, 0.15) is 16.2 Å². The number of benzene rings is 2. The Balaban J connectivity index is 1.52. The standard InChI is InChI=1S/C18H13N3O2/c22-18(16-11-19-14-6-2-3-7-15(14)21-16)20-10-13-9-12-5-1-4-8-17(12)23-13/h1-9,11H,10H2,(H,20,22). The molecule has 0 unspecified atom stereocenters. The Kier molecular flexibility index (Phi) is 3.24. The Bertz CT molecular complexity index is 974. The van der Waals surface area contributed by atoms with E-state index in [1.165, 1.54) is 6.20 Å². The van der Waals surface area contributed by atoms with E-state index in [2.05, 4.69) is 15.3 Å².